The standard InChI is InChI=1S/C26H36N8O7/c1-32-10-14(9-17(32)35)11-40-26(39)33-6-4-13(5-7-33)8-16-30-22(27)18-23(31-16)34(12-28-18)25-20(37)19(36)21(41-25)24(38)29-15-2-3-15/h12-15,19-21,25,36-37H,2-11H2,1H3,(H,29,38)(H2,27,30,31)/t14?,19?,20?,21-,25+/m0/s1. The second-order valence-electron chi connectivity index (χ2n) is 11.6. The van der Waals surface area contributed by atoms with Crippen LogP contribution in [0, 0.1) is 11.8 Å². The van der Waals surface area contributed by atoms with Gasteiger partial charge in [0.15, 0.2) is 23.8 Å². The lowest BCUT2D eigenvalue weighted by molar-refractivity contribution is -0.137. The summed E-state index contributed by atoms with van der Waals surface area (Å²) in [5, 5.41) is 24.0. The molecule has 5 N–H and O–H groups in total. The molecule has 5 atom stereocenters. The molecule has 0 bridgehead atoms. The van der Waals surface area contributed by atoms with Gasteiger partial charge in [-0.1, -0.05) is 0 Å². The van der Waals surface area contributed by atoms with Crippen molar-refractivity contribution in [2.24, 2.45) is 11.8 Å². The predicted molar refractivity (Wildman–Crippen MR) is 142 cm³/mol. The molecule has 3 saturated heterocycles. The van der Waals surface area contributed by atoms with E-state index in [0.717, 1.165) is 25.7 Å². The van der Waals surface area contributed by atoms with E-state index in [0.29, 0.717) is 49.5 Å². The third kappa shape index (κ3) is 5.65. The number of rotatable bonds is 7. The highest BCUT2D eigenvalue weighted by atomic mass is 16.6. The van der Waals surface area contributed by atoms with E-state index in [9.17, 15) is 24.6 Å². The number of piperidine rings is 1. The van der Waals surface area contributed by atoms with E-state index in [1.807, 2.05) is 0 Å². The van der Waals surface area contributed by atoms with Crippen molar-refractivity contribution in [2.75, 3.05) is 39.0 Å². The van der Waals surface area contributed by atoms with Crippen molar-refractivity contribution in [1.29, 1.82) is 0 Å². The van der Waals surface area contributed by atoms with Crippen LogP contribution < -0.4 is 11.1 Å². The highest BCUT2D eigenvalue weighted by Crippen LogP contribution is 2.33. The maximum absolute atomic E-state index is 12.6. The average molecular weight is 573 g/mol. The van der Waals surface area contributed by atoms with Gasteiger partial charge in [0.25, 0.3) is 5.91 Å². The first-order chi connectivity index (χ1) is 19.7. The molecule has 2 aromatic heterocycles. The van der Waals surface area contributed by atoms with Crippen LogP contribution in [0.15, 0.2) is 6.33 Å². The Morgan fingerprint density at radius 1 is 1.15 bits per heavy atom. The molecule has 0 spiro atoms. The molecular formula is C26H36N8O7. The minimum atomic E-state index is -1.41. The Morgan fingerprint density at radius 3 is 2.59 bits per heavy atom. The number of nitrogens with two attached hydrogens (primary N) is 1. The zero-order chi connectivity index (χ0) is 28.8. The molecule has 4 fully saturated rings. The maximum atomic E-state index is 12.6. The molecule has 15 heteroatoms. The number of imidazole rings is 1. The number of anilines is 1. The highest BCUT2D eigenvalue weighted by molar-refractivity contribution is 5.83. The lowest BCUT2D eigenvalue weighted by Gasteiger charge is -2.31. The van der Waals surface area contributed by atoms with Crippen LogP contribution in [0.2, 0.25) is 0 Å². The lowest BCUT2D eigenvalue weighted by Crippen LogP contribution is -2.43. The van der Waals surface area contributed by atoms with Gasteiger partial charge in [-0.05, 0) is 31.6 Å². The number of nitrogen functional groups attached to an aromatic ring is 1. The average Bonchev–Trinajstić information content (AvgIpc) is 3.45. The summed E-state index contributed by atoms with van der Waals surface area (Å²) >= 11 is 0. The Labute approximate surface area is 236 Å². The molecule has 0 aromatic carbocycles. The number of carbonyl (C=O) groups excluding carboxylic acids is 3. The van der Waals surface area contributed by atoms with E-state index < -0.39 is 30.4 Å². The van der Waals surface area contributed by atoms with Crippen LogP contribution in [0.1, 0.15) is 44.2 Å². The summed E-state index contributed by atoms with van der Waals surface area (Å²) in [6.45, 7) is 1.90. The van der Waals surface area contributed by atoms with Crippen LogP contribution in [0.25, 0.3) is 11.2 Å². The molecular weight excluding hydrogens is 536 g/mol. The molecule has 6 rings (SSSR count). The fourth-order valence-electron chi connectivity index (χ4n) is 5.81. The summed E-state index contributed by atoms with van der Waals surface area (Å²) in [4.78, 5) is 53.5. The van der Waals surface area contributed by atoms with Gasteiger partial charge in [-0.15, -0.1) is 0 Å². The smallest absolute Gasteiger partial charge is 0.409 e. The quantitative estimate of drug-likeness (QED) is 0.323. The van der Waals surface area contributed by atoms with Gasteiger partial charge in [-0.3, -0.25) is 14.2 Å². The Balaban J connectivity index is 1.07. The van der Waals surface area contributed by atoms with Crippen molar-refractivity contribution < 1.29 is 34.1 Å². The largest absolute Gasteiger partial charge is 0.449 e. The molecule has 15 nitrogen and oxygen atoms in total. The molecule has 3 aliphatic heterocycles. The molecule has 2 aromatic rings. The van der Waals surface area contributed by atoms with Crippen molar-refractivity contribution >= 4 is 34.9 Å². The maximum Gasteiger partial charge on any atom is 0.409 e. The van der Waals surface area contributed by atoms with Crippen LogP contribution in [0.3, 0.4) is 0 Å². The Kier molecular flexibility index (Phi) is 7.42. The van der Waals surface area contributed by atoms with Gasteiger partial charge in [0.05, 0.1) is 12.9 Å². The van der Waals surface area contributed by atoms with Gasteiger partial charge < -0.3 is 40.5 Å². The number of aromatic nitrogens is 4. The van der Waals surface area contributed by atoms with Gasteiger partial charge in [-0.2, -0.15) is 0 Å². The number of aliphatic hydroxyl groups is 2. The van der Waals surface area contributed by atoms with Crippen molar-refractivity contribution in [1.82, 2.24) is 34.6 Å². The molecule has 3 unspecified atom stereocenters. The predicted octanol–water partition coefficient (Wildman–Crippen LogP) is -0.824. The van der Waals surface area contributed by atoms with Gasteiger partial charge in [-0.25, -0.2) is 19.7 Å². The summed E-state index contributed by atoms with van der Waals surface area (Å²) in [7, 11) is 1.75. The third-order valence-electron chi connectivity index (χ3n) is 8.40. The molecule has 3 amide bonds. The number of fused-ring (bicyclic) bond motifs is 1. The van der Waals surface area contributed by atoms with Crippen LogP contribution in [-0.2, 0) is 25.5 Å². The minimum Gasteiger partial charge on any atom is -0.449 e. The van der Waals surface area contributed by atoms with E-state index in [4.69, 9.17) is 15.2 Å². The number of nitrogens with zero attached hydrogens (tertiary/aromatic N) is 6. The van der Waals surface area contributed by atoms with Crippen LogP contribution in [0.5, 0.6) is 0 Å². The van der Waals surface area contributed by atoms with E-state index in [1.165, 1.54) is 10.9 Å². The molecule has 1 aliphatic carbocycles. The van der Waals surface area contributed by atoms with E-state index in [-0.39, 0.29) is 42.3 Å². The van der Waals surface area contributed by atoms with Crippen molar-refractivity contribution in [3.05, 3.63) is 12.2 Å². The number of aliphatic hydroxyl groups excluding tert-OH is 2. The summed E-state index contributed by atoms with van der Waals surface area (Å²) in [6, 6.07) is 0.0855. The highest BCUT2D eigenvalue weighted by Gasteiger charge is 2.48. The van der Waals surface area contributed by atoms with Crippen LogP contribution >= 0.6 is 0 Å². The number of hydrogen-bond acceptors (Lipinski definition) is 11. The number of hydrogen-bond donors (Lipinski definition) is 4. The van der Waals surface area contributed by atoms with Crippen molar-refractivity contribution in [3.8, 4) is 0 Å². The molecule has 0 radical (unpaired) electrons. The van der Waals surface area contributed by atoms with Crippen LogP contribution in [0.4, 0.5) is 10.6 Å². The first kappa shape index (κ1) is 27.6. The van der Waals surface area contributed by atoms with Crippen LogP contribution in [-0.4, -0.2) is 115 Å². The number of ether oxygens (including phenoxy) is 2. The van der Waals surface area contributed by atoms with Crippen molar-refractivity contribution in [3.63, 3.8) is 0 Å². The summed E-state index contributed by atoms with van der Waals surface area (Å²) in [5.41, 5.74) is 6.87. The normalized spacial score (nSPS) is 29.0. The first-order valence-corrected chi connectivity index (χ1v) is 14.1. The van der Waals surface area contributed by atoms with Crippen molar-refractivity contribution in [2.45, 2.75) is 69.1 Å². The first-order valence-electron chi connectivity index (χ1n) is 14.1. The number of nitrogens with one attached hydrogen (secondary N) is 1. The SMILES string of the molecule is CN1CC(COC(=O)N2CCC(Cc3nc(N)c4ncn([C@@H]5O[C@H](C(=O)NC6CC6)C(O)C5O)c4n3)CC2)CC1=O. The lowest BCUT2D eigenvalue weighted by atomic mass is 9.93. The summed E-state index contributed by atoms with van der Waals surface area (Å²) < 4.78 is 12.7. The van der Waals surface area contributed by atoms with Gasteiger partial charge in [0, 0.05) is 51.5 Å². The second-order valence-corrected chi connectivity index (χ2v) is 11.6. The Hall–Kier alpha value is -3.56. The molecule has 222 valence electrons. The fourth-order valence-corrected chi connectivity index (χ4v) is 5.81. The number of likely N-dealkylation sites (tertiary alicyclic amines) is 2. The second kappa shape index (κ2) is 11.0. The zero-order valence-corrected chi connectivity index (χ0v) is 22.9. The van der Waals surface area contributed by atoms with E-state index in [1.54, 1.807) is 16.8 Å². The molecule has 4 aliphatic rings. The zero-order valence-electron chi connectivity index (χ0n) is 22.9. The third-order valence-corrected chi connectivity index (χ3v) is 8.40. The fraction of sp³-hybridized carbons (Fsp3) is 0.692. The Bertz CT molecular complexity index is 1320. The molecule has 5 heterocycles. The van der Waals surface area contributed by atoms with Gasteiger partial charge >= 0.3 is 6.09 Å². The van der Waals surface area contributed by atoms with Gasteiger partial charge in [0.2, 0.25) is 5.91 Å². The number of amides is 3. The monoisotopic (exact) mass is 572 g/mol. The summed E-state index contributed by atoms with van der Waals surface area (Å²) in [6.07, 6.45) is 0.123. The minimum absolute atomic E-state index is 0.0322. The van der Waals surface area contributed by atoms with Gasteiger partial charge in [0.1, 0.15) is 23.5 Å². The Morgan fingerprint density at radius 2 is 1.90 bits per heavy atom. The topological polar surface area (TPSA) is 198 Å². The van der Waals surface area contributed by atoms with E-state index >= 15 is 0 Å². The molecule has 41 heavy (non-hydrogen) atoms. The molecule has 1 saturated carbocycles. The number of carbonyl (C=O) groups is 3. The summed E-state index contributed by atoms with van der Waals surface area (Å²) in [5.74, 6) is 0.516. The van der Waals surface area contributed by atoms with E-state index in [2.05, 4.69) is 20.3 Å².